The van der Waals surface area contributed by atoms with Crippen LogP contribution in [-0.2, 0) is 12.8 Å². The van der Waals surface area contributed by atoms with Crippen LogP contribution in [0.3, 0.4) is 0 Å². The summed E-state index contributed by atoms with van der Waals surface area (Å²) in [6.07, 6.45) is 1.66. The van der Waals surface area contributed by atoms with Gasteiger partial charge in [0, 0.05) is 33.0 Å². The van der Waals surface area contributed by atoms with Gasteiger partial charge in [0.25, 0.3) is 0 Å². The second kappa shape index (κ2) is 15.7. The predicted molar refractivity (Wildman–Crippen MR) is 249 cm³/mol. The predicted octanol–water partition coefficient (Wildman–Crippen LogP) is 14.0. The Morgan fingerprint density at radius 3 is 1.65 bits per heavy atom. The number of benzene rings is 8. The summed E-state index contributed by atoms with van der Waals surface area (Å²) in [6, 6.07) is 67.2. The van der Waals surface area contributed by atoms with Crippen molar-refractivity contribution in [2.75, 3.05) is 0 Å². The van der Waals surface area contributed by atoms with Crippen molar-refractivity contribution in [3.63, 3.8) is 0 Å². The van der Waals surface area contributed by atoms with Crippen LogP contribution in [0.5, 0.6) is 0 Å². The number of hydrogen-bond donors (Lipinski definition) is 0. The van der Waals surface area contributed by atoms with Crippen LogP contribution < -0.4 is 0 Å². The second-order valence-electron chi connectivity index (χ2n) is 15.8. The Morgan fingerprint density at radius 1 is 0.367 bits per heavy atom. The summed E-state index contributed by atoms with van der Waals surface area (Å²) >= 11 is 0. The van der Waals surface area contributed by atoms with Gasteiger partial charge in [-0.1, -0.05) is 169 Å². The van der Waals surface area contributed by atoms with Gasteiger partial charge in [0.15, 0.2) is 17.5 Å². The quantitative estimate of drug-likeness (QED) is 0.147. The molecule has 0 saturated heterocycles. The molecule has 4 nitrogen and oxygen atoms in total. The van der Waals surface area contributed by atoms with Gasteiger partial charge in [0.1, 0.15) is 0 Å². The molecule has 0 saturated carbocycles. The molecular formula is C56H44N4. The van der Waals surface area contributed by atoms with Crippen LogP contribution in [0.2, 0.25) is 0 Å². The highest BCUT2D eigenvalue weighted by Crippen LogP contribution is 2.39. The summed E-state index contributed by atoms with van der Waals surface area (Å²) in [5, 5.41) is 2.50. The maximum absolute atomic E-state index is 5.27. The third-order valence-corrected chi connectivity index (χ3v) is 11.7. The molecule has 0 aliphatic carbocycles. The molecule has 0 radical (unpaired) electrons. The highest BCUT2D eigenvalue weighted by Gasteiger charge is 2.20. The van der Waals surface area contributed by atoms with E-state index in [4.69, 9.17) is 15.0 Å². The molecule has 0 bridgehead atoms. The van der Waals surface area contributed by atoms with Crippen LogP contribution in [0.25, 0.3) is 83.9 Å². The van der Waals surface area contributed by atoms with E-state index >= 15 is 0 Å². The fourth-order valence-corrected chi connectivity index (χ4v) is 8.66. The number of rotatable bonds is 9. The maximum atomic E-state index is 5.27. The van der Waals surface area contributed by atoms with Gasteiger partial charge < -0.3 is 4.57 Å². The largest absolute Gasteiger partial charge is 0.309 e. The molecule has 0 amide bonds. The Bertz CT molecular complexity index is 3120. The molecule has 0 unspecified atom stereocenters. The van der Waals surface area contributed by atoms with E-state index in [0.29, 0.717) is 17.5 Å². The van der Waals surface area contributed by atoms with E-state index in [9.17, 15) is 0 Å². The molecule has 2 aromatic heterocycles. The second-order valence-corrected chi connectivity index (χ2v) is 15.8. The standard InChI is InChI=1S/C56H44N4/c1-37-26-28-40(48(34-37)45-21-11-10-16-39(45)3)29-30-41-31-32-44(36-49(41)56-58-54(42-17-6-4-7-18-42)57-55(59-56)43-19-8-5-9-20-43)46-22-12-14-24-51(46)60-52-25-15-13-23-47(52)50-35-38(2)27-33-53(50)60/h4-28,31-36H,29-30H2,1-3H3. The van der Waals surface area contributed by atoms with Gasteiger partial charge in [-0.2, -0.15) is 0 Å². The minimum atomic E-state index is 0.650. The third-order valence-electron chi connectivity index (χ3n) is 11.7. The molecule has 0 spiro atoms. The van der Waals surface area contributed by atoms with Gasteiger partial charge in [0.2, 0.25) is 0 Å². The van der Waals surface area contributed by atoms with E-state index in [-0.39, 0.29) is 0 Å². The van der Waals surface area contributed by atoms with Gasteiger partial charge >= 0.3 is 0 Å². The summed E-state index contributed by atoms with van der Waals surface area (Å²) in [5.41, 5.74) is 17.5. The van der Waals surface area contributed by atoms with Crippen molar-refractivity contribution in [2.45, 2.75) is 33.6 Å². The average Bonchev–Trinajstić information content (AvgIpc) is 3.62. The summed E-state index contributed by atoms with van der Waals surface area (Å²) in [4.78, 5) is 15.6. The molecule has 0 aliphatic heterocycles. The molecule has 0 fully saturated rings. The normalized spacial score (nSPS) is 11.4. The fourth-order valence-electron chi connectivity index (χ4n) is 8.66. The average molecular weight is 773 g/mol. The number of hydrogen-bond acceptors (Lipinski definition) is 3. The number of nitrogens with zero attached hydrogens (tertiary/aromatic N) is 4. The lowest BCUT2D eigenvalue weighted by Crippen LogP contribution is -2.04. The number of aryl methyl sites for hydroxylation is 5. The van der Waals surface area contributed by atoms with Gasteiger partial charge in [-0.3, -0.25) is 0 Å². The van der Waals surface area contributed by atoms with Crippen molar-refractivity contribution in [1.29, 1.82) is 0 Å². The van der Waals surface area contributed by atoms with Gasteiger partial charge in [0.05, 0.1) is 16.7 Å². The Balaban J connectivity index is 1.17. The molecule has 0 atom stereocenters. The molecule has 0 N–H and O–H groups in total. The van der Waals surface area contributed by atoms with Crippen molar-refractivity contribution >= 4 is 21.8 Å². The summed E-state index contributed by atoms with van der Waals surface area (Å²) in [7, 11) is 0. The molecule has 288 valence electrons. The zero-order valence-electron chi connectivity index (χ0n) is 34.1. The van der Waals surface area contributed by atoms with E-state index in [0.717, 1.165) is 46.3 Å². The van der Waals surface area contributed by atoms with E-state index in [1.165, 1.54) is 60.8 Å². The van der Waals surface area contributed by atoms with Crippen molar-refractivity contribution in [2.24, 2.45) is 0 Å². The van der Waals surface area contributed by atoms with Crippen LogP contribution >= 0.6 is 0 Å². The molecule has 2 heterocycles. The van der Waals surface area contributed by atoms with E-state index < -0.39 is 0 Å². The first-order valence-electron chi connectivity index (χ1n) is 20.7. The topological polar surface area (TPSA) is 43.6 Å². The number of aromatic nitrogens is 4. The Labute approximate surface area is 351 Å². The summed E-state index contributed by atoms with van der Waals surface area (Å²) < 4.78 is 2.42. The van der Waals surface area contributed by atoms with Crippen molar-refractivity contribution in [3.05, 3.63) is 216 Å². The van der Waals surface area contributed by atoms with Gasteiger partial charge in [-0.25, -0.2) is 15.0 Å². The van der Waals surface area contributed by atoms with Crippen LogP contribution in [0.15, 0.2) is 188 Å². The first kappa shape index (κ1) is 36.9. The molecule has 10 aromatic rings. The van der Waals surface area contributed by atoms with Gasteiger partial charge in [-0.15, -0.1) is 0 Å². The van der Waals surface area contributed by atoms with E-state index in [1.54, 1.807) is 0 Å². The summed E-state index contributed by atoms with van der Waals surface area (Å²) in [6.45, 7) is 6.54. The fraction of sp³-hybridized carbons (Fsp3) is 0.0893. The molecule has 0 aliphatic rings. The minimum absolute atomic E-state index is 0.650. The van der Waals surface area contributed by atoms with Gasteiger partial charge in [-0.05, 0) is 97.3 Å². The van der Waals surface area contributed by atoms with Crippen molar-refractivity contribution in [1.82, 2.24) is 19.5 Å². The summed E-state index contributed by atoms with van der Waals surface area (Å²) in [5.74, 6) is 1.96. The van der Waals surface area contributed by atoms with Crippen molar-refractivity contribution in [3.8, 4) is 62.1 Å². The number of para-hydroxylation sites is 2. The monoisotopic (exact) mass is 772 g/mol. The molecule has 4 heteroatoms. The zero-order chi connectivity index (χ0) is 40.6. The molecule has 10 rings (SSSR count). The molecule has 60 heavy (non-hydrogen) atoms. The van der Waals surface area contributed by atoms with E-state index in [2.05, 4.69) is 177 Å². The SMILES string of the molecule is Cc1ccc(CCc2ccc(-c3ccccc3-n3c4ccccc4c4cc(C)ccc43)cc2-c2nc(-c3ccccc3)nc(-c3ccccc3)n2)c(-c2ccccc2C)c1. The third kappa shape index (κ3) is 6.96. The van der Waals surface area contributed by atoms with Crippen LogP contribution in [0.4, 0.5) is 0 Å². The van der Waals surface area contributed by atoms with E-state index in [1.807, 2.05) is 36.4 Å². The molecular weight excluding hydrogens is 729 g/mol. The highest BCUT2D eigenvalue weighted by molar-refractivity contribution is 6.10. The van der Waals surface area contributed by atoms with Crippen LogP contribution in [-0.4, -0.2) is 19.5 Å². The van der Waals surface area contributed by atoms with Crippen LogP contribution in [0.1, 0.15) is 27.8 Å². The Hall–Kier alpha value is -7.43. The lowest BCUT2D eigenvalue weighted by Gasteiger charge is -2.18. The van der Waals surface area contributed by atoms with Crippen molar-refractivity contribution < 1.29 is 0 Å². The maximum Gasteiger partial charge on any atom is 0.164 e. The first-order valence-corrected chi connectivity index (χ1v) is 20.7. The Kier molecular flexibility index (Phi) is 9.67. The zero-order valence-corrected chi connectivity index (χ0v) is 34.1. The minimum Gasteiger partial charge on any atom is -0.309 e. The Morgan fingerprint density at radius 2 is 0.917 bits per heavy atom. The lowest BCUT2D eigenvalue weighted by atomic mass is 9.90. The number of fused-ring (bicyclic) bond motifs is 3. The van der Waals surface area contributed by atoms with Crippen LogP contribution in [0, 0.1) is 20.8 Å². The lowest BCUT2D eigenvalue weighted by molar-refractivity contribution is 0.956. The first-order chi connectivity index (χ1) is 29.5. The molecule has 8 aromatic carbocycles. The highest BCUT2D eigenvalue weighted by atomic mass is 15.0. The smallest absolute Gasteiger partial charge is 0.164 e.